The molecule has 11 rings (SSSR count). The summed E-state index contributed by atoms with van der Waals surface area (Å²) in [5.74, 6) is 1.56. The summed E-state index contributed by atoms with van der Waals surface area (Å²) in [6.45, 7) is 0. The molecule has 6 heteroatoms. The van der Waals surface area contributed by atoms with Crippen molar-refractivity contribution in [3.05, 3.63) is 176 Å². The molecular formula is C49H29N5O. The largest absolute Gasteiger partial charge is 0.456 e. The third-order valence-corrected chi connectivity index (χ3v) is 10.4. The second kappa shape index (κ2) is 12.5. The topological polar surface area (TPSA) is 77.6 Å². The molecule has 4 aromatic heterocycles. The fourth-order valence-corrected chi connectivity index (χ4v) is 7.85. The van der Waals surface area contributed by atoms with E-state index in [-0.39, 0.29) is 0 Å². The van der Waals surface area contributed by atoms with Crippen LogP contribution in [-0.4, -0.2) is 24.9 Å². The lowest BCUT2D eigenvalue weighted by atomic mass is 9.87. The SMILES string of the molecule is c1ccc(-c2nc(-c3ccc(-c4cc5c6ccccc6c(-c6ccc7oc8ccccc8c7c6)cc5c5ccccc45)cc3)nc(-c3ccccn3)n2)nc1. The Kier molecular flexibility index (Phi) is 7.07. The van der Waals surface area contributed by atoms with E-state index in [2.05, 4.69) is 125 Å². The second-order valence-electron chi connectivity index (χ2n) is 13.7. The first-order chi connectivity index (χ1) is 27.2. The van der Waals surface area contributed by atoms with Gasteiger partial charge in [0.2, 0.25) is 0 Å². The molecule has 0 aliphatic carbocycles. The number of fused-ring (bicyclic) bond motifs is 8. The predicted molar refractivity (Wildman–Crippen MR) is 222 cm³/mol. The Hall–Kier alpha value is -7.57. The Bertz CT molecular complexity index is 3190. The van der Waals surface area contributed by atoms with Gasteiger partial charge in [-0.25, -0.2) is 15.0 Å². The number of rotatable bonds is 5. The molecule has 0 N–H and O–H groups in total. The summed E-state index contributed by atoms with van der Waals surface area (Å²) in [6, 6.07) is 56.9. The van der Waals surface area contributed by atoms with Gasteiger partial charge in [-0.05, 0) is 109 Å². The third-order valence-electron chi connectivity index (χ3n) is 10.4. The number of hydrogen-bond acceptors (Lipinski definition) is 6. The molecule has 55 heavy (non-hydrogen) atoms. The van der Waals surface area contributed by atoms with E-state index >= 15 is 0 Å². The normalized spacial score (nSPS) is 11.6. The third kappa shape index (κ3) is 5.23. The molecule has 6 nitrogen and oxygen atoms in total. The fraction of sp³-hybridized carbons (Fsp3) is 0. The first kappa shape index (κ1) is 31.0. The van der Waals surface area contributed by atoms with Crippen molar-refractivity contribution in [2.75, 3.05) is 0 Å². The van der Waals surface area contributed by atoms with Gasteiger partial charge < -0.3 is 4.42 Å². The Labute approximate surface area is 315 Å². The molecule has 0 fully saturated rings. The Morgan fingerprint density at radius 1 is 0.309 bits per heavy atom. The molecule has 256 valence electrons. The van der Waals surface area contributed by atoms with Crippen molar-refractivity contribution in [1.82, 2.24) is 24.9 Å². The Morgan fingerprint density at radius 2 is 0.782 bits per heavy atom. The van der Waals surface area contributed by atoms with E-state index in [1.165, 1.54) is 37.9 Å². The van der Waals surface area contributed by atoms with Crippen molar-refractivity contribution in [1.29, 1.82) is 0 Å². The first-order valence-corrected chi connectivity index (χ1v) is 18.2. The summed E-state index contributed by atoms with van der Waals surface area (Å²) in [5, 5.41) is 9.50. The van der Waals surface area contributed by atoms with E-state index in [9.17, 15) is 0 Å². The predicted octanol–water partition coefficient (Wildman–Crippen LogP) is 12.4. The Balaban J connectivity index is 1.06. The molecule has 0 aliphatic rings. The quantitative estimate of drug-likeness (QED) is 0.166. The average Bonchev–Trinajstić information content (AvgIpc) is 3.64. The molecule has 0 unspecified atom stereocenters. The molecule has 0 atom stereocenters. The lowest BCUT2D eigenvalue weighted by Gasteiger charge is -2.16. The second-order valence-corrected chi connectivity index (χ2v) is 13.7. The minimum atomic E-state index is 0.500. The van der Waals surface area contributed by atoms with Gasteiger partial charge in [0, 0.05) is 28.7 Å². The average molecular weight is 704 g/mol. The van der Waals surface area contributed by atoms with Gasteiger partial charge in [-0.2, -0.15) is 0 Å². The summed E-state index contributed by atoms with van der Waals surface area (Å²) >= 11 is 0. The van der Waals surface area contributed by atoms with Crippen molar-refractivity contribution in [2.45, 2.75) is 0 Å². The summed E-state index contributed by atoms with van der Waals surface area (Å²) in [4.78, 5) is 23.5. The Morgan fingerprint density at radius 3 is 1.38 bits per heavy atom. The number of hydrogen-bond donors (Lipinski definition) is 0. The first-order valence-electron chi connectivity index (χ1n) is 18.2. The van der Waals surface area contributed by atoms with Crippen LogP contribution in [0.4, 0.5) is 0 Å². The van der Waals surface area contributed by atoms with Crippen LogP contribution in [0.5, 0.6) is 0 Å². The molecular weight excluding hydrogens is 675 g/mol. The van der Waals surface area contributed by atoms with Crippen LogP contribution < -0.4 is 0 Å². The molecule has 0 bridgehead atoms. The fourth-order valence-electron chi connectivity index (χ4n) is 7.85. The molecule has 0 radical (unpaired) electrons. The van der Waals surface area contributed by atoms with Crippen LogP contribution in [0, 0.1) is 0 Å². The smallest absolute Gasteiger partial charge is 0.182 e. The van der Waals surface area contributed by atoms with Gasteiger partial charge in [0.25, 0.3) is 0 Å². The number of para-hydroxylation sites is 1. The van der Waals surface area contributed by atoms with Crippen LogP contribution in [0.15, 0.2) is 181 Å². The maximum atomic E-state index is 6.18. The van der Waals surface area contributed by atoms with E-state index < -0.39 is 0 Å². The van der Waals surface area contributed by atoms with Crippen molar-refractivity contribution in [3.8, 4) is 56.7 Å². The number of furan rings is 1. The van der Waals surface area contributed by atoms with Crippen molar-refractivity contribution >= 4 is 54.3 Å². The zero-order chi connectivity index (χ0) is 36.3. The summed E-state index contributed by atoms with van der Waals surface area (Å²) in [7, 11) is 0. The van der Waals surface area contributed by atoms with Crippen LogP contribution in [0.3, 0.4) is 0 Å². The number of aromatic nitrogens is 5. The highest BCUT2D eigenvalue weighted by atomic mass is 16.3. The number of benzene rings is 7. The van der Waals surface area contributed by atoms with Gasteiger partial charge in [0.15, 0.2) is 17.5 Å². The molecule has 0 saturated carbocycles. The standard InChI is InChI=1S/C49H29N5O/c1-3-13-35-33(11-1)38(30-19-21-31(22-20-30)47-52-48(43-16-7-9-25-50-43)54-49(53-47)44-17-8-10-26-51-44)28-40-36-14-4-2-12-34(36)39(29-41(35)40)32-23-24-46-42(27-32)37-15-5-6-18-45(37)55-46/h1-29H. The molecule has 11 aromatic rings. The molecule has 0 spiro atoms. The van der Waals surface area contributed by atoms with Crippen LogP contribution in [0.2, 0.25) is 0 Å². The van der Waals surface area contributed by atoms with Gasteiger partial charge >= 0.3 is 0 Å². The van der Waals surface area contributed by atoms with E-state index in [1.54, 1.807) is 12.4 Å². The highest BCUT2D eigenvalue weighted by Gasteiger charge is 2.17. The monoisotopic (exact) mass is 703 g/mol. The molecule has 0 aliphatic heterocycles. The maximum Gasteiger partial charge on any atom is 0.182 e. The molecule has 0 saturated heterocycles. The van der Waals surface area contributed by atoms with E-state index in [1.807, 2.05) is 48.5 Å². The lowest BCUT2D eigenvalue weighted by molar-refractivity contribution is 0.669. The zero-order valence-corrected chi connectivity index (χ0v) is 29.4. The van der Waals surface area contributed by atoms with E-state index in [0.29, 0.717) is 28.9 Å². The van der Waals surface area contributed by atoms with Crippen molar-refractivity contribution < 1.29 is 4.42 Å². The maximum absolute atomic E-state index is 6.18. The molecule has 4 heterocycles. The van der Waals surface area contributed by atoms with Crippen LogP contribution in [-0.2, 0) is 0 Å². The van der Waals surface area contributed by atoms with E-state index in [0.717, 1.165) is 44.2 Å². The minimum absolute atomic E-state index is 0.500. The van der Waals surface area contributed by atoms with Crippen LogP contribution >= 0.6 is 0 Å². The van der Waals surface area contributed by atoms with Crippen LogP contribution in [0.25, 0.3) is 111 Å². The summed E-state index contributed by atoms with van der Waals surface area (Å²) in [5.41, 5.74) is 8.66. The highest BCUT2D eigenvalue weighted by molar-refractivity contribution is 6.24. The zero-order valence-electron chi connectivity index (χ0n) is 29.4. The lowest BCUT2D eigenvalue weighted by Crippen LogP contribution is -2.01. The summed E-state index contributed by atoms with van der Waals surface area (Å²) < 4.78 is 6.18. The van der Waals surface area contributed by atoms with Gasteiger partial charge in [-0.15, -0.1) is 0 Å². The number of nitrogens with zero attached hydrogens (tertiary/aromatic N) is 5. The summed E-state index contributed by atoms with van der Waals surface area (Å²) in [6.07, 6.45) is 3.49. The van der Waals surface area contributed by atoms with Crippen LogP contribution in [0.1, 0.15) is 0 Å². The van der Waals surface area contributed by atoms with Crippen molar-refractivity contribution in [2.24, 2.45) is 0 Å². The highest BCUT2D eigenvalue weighted by Crippen LogP contribution is 2.43. The van der Waals surface area contributed by atoms with E-state index in [4.69, 9.17) is 19.4 Å². The molecule has 7 aromatic carbocycles. The number of pyridine rings is 2. The van der Waals surface area contributed by atoms with Gasteiger partial charge in [-0.3, -0.25) is 9.97 Å². The van der Waals surface area contributed by atoms with Gasteiger partial charge in [-0.1, -0.05) is 109 Å². The van der Waals surface area contributed by atoms with Gasteiger partial charge in [0.1, 0.15) is 22.6 Å². The van der Waals surface area contributed by atoms with Crippen molar-refractivity contribution in [3.63, 3.8) is 0 Å². The molecule has 0 amide bonds. The van der Waals surface area contributed by atoms with Gasteiger partial charge in [0.05, 0.1) is 0 Å². The minimum Gasteiger partial charge on any atom is -0.456 e.